The monoisotopic (exact) mass is 481 g/mol. The molecule has 1 heterocycles. The number of hydrogen-bond acceptors (Lipinski definition) is 4. The summed E-state index contributed by atoms with van der Waals surface area (Å²) < 4.78 is 21.6. The smallest absolute Gasteiger partial charge is 0.196 e. The second kappa shape index (κ2) is 9.57. The van der Waals surface area contributed by atoms with Crippen LogP contribution in [-0.2, 0) is 11.2 Å². The van der Waals surface area contributed by atoms with Crippen LogP contribution in [0, 0.1) is 5.82 Å². The SMILES string of the molecule is COc1ccc(-n2c(SCc3c(F)cccc3Cl)nnc2-c2ccc(C(C)(C)C)cc2)cc1. The molecule has 170 valence electrons. The maximum atomic E-state index is 14.3. The lowest BCUT2D eigenvalue weighted by Gasteiger charge is -2.19. The van der Waals surface area contributed by atoms with Gasteiger partial charge in [-0.1, -0.05) is 74.5 Å². The van der Waals surface area contributed by atoms with E-state index < -0.39 is 0 Å². The Balaban J connectivity index is 1.75. The minimum Gasteiger partial charge on any atom is -0.497 e. The normalized spacial score (nSPS) is 11.6. The van der Waals surface area contributed by atoms with Gasteiger partial charge in [-0.25, -0.2) is 4.39 Å². The predicted octanol–water partition coefficient (Wildman–Crippen LogP) is 7.33. The molecule has 0 aliphatic carbocycles. The summed E-state index contributed by atoms with van der Waals surface area (Å²) in [6, 6.07) is 20.8. The minimum absolute atomic E-state index is 0.0578. The highest BCUT2D eigenvalue weighted by Gasteiger charge is 2.19. The molecule has 7 heteroatoms. The topological polar surface area (TPSA) is 39.9 Å². The van der Waals surface area contributed by atoms with Gasteiger partial charge in [0.05, 0.1) is 7.11 Å². The summed E-state index contributed by atoms with van der Waals surface area (Å²) in [6.07, 6.45) is 0. The van der Waals surface area contributed by atoms with E-state index in [-0.39, 0.29) is 11.2 Å². The summed E-state index contributed by atoms with van der Waals surface area (Å²) >= 11 is 7.62. The molecule has 1 aromatic heterocycles. The molecule has 4 aromatic rings. The van der Waals surface area contributed by atoms with E-state index >= 15 is 0 Å². The molecular formula is C26H25ClFN3OS. The average Bonchev–Trinajstić information content (AvgIpc) is 3.22. The molecule has 0 atom stereocenters. The Labute approximate surface area is 202 Å². The maximum Gasteiger partial charge on any atom is 0.196 e. The largest absolute Gasteiger partial charge is 0.497 e. The number of aromatic nitrogens is 3. The fourth-order valence-corrected chi connectivity index (χ4v) is 4.74. The minimum atomic E-state index is -0.330. The van der Waals surface area contributed by atoms with Crippen LogP contribution in [-0.4, -0.2) is 21.9 Å². The number of benzene rings is 3. The fourth-order valence-electron chi connectivity index (χ4n) is 3.44. The predicted molar refractivity (Wildman–Crippen MR) is 133 cm³/mol. The zero-order valence-corrected chi connectivity index (χ0v) is 20.5. The van der Waals surface area contributed by atoms with Crippen LogP contribution < -0.4 is 4.74 Å². The third-order valence-electron chi connectivity index (χ3n) is 5.38. The standard InChI is InChI=1S/C26H25ClFN3OS/c1-26(2,3)18-10-8-17(9-11-18)24-29-30-25(31(24)19-12-14-20(32-4)15-13-19)33-16-21-22(27)6-5-7-23(21)28/h5-15H,16H2,1-4H3. The lowest BCUT2D eigenvalue weighted by Crippen LogP contribution is -2.10. The Morgan fingerprint density at radius 3 is 2.27 bits per heavy atom. The molecule has 3 aromatic carbocycles. The van der Waals surface area contributed by atoms with Crippen LogP contribution in [0.2, 0.25) is 5.02 Å². The van der Waals surface area contributed by atoms with Crippen LogP contribution in [0.3, 0.4) is 0 Å². The zero-order valence-electron chi connectivity index (χ0n) is 19.0. The number of rotatable bonds is 6. The molecule has 0 amide bonds. The Morgan fingerprint density at radius 1 is 0.970 bits per heavy atom. The summed E-state index contributed by atoms with van der Waals surface area (Å²) in [7, 11) is 1.63. The number of methoxy groups -OCH3 is 1. The van der Waals surface area contributed by atoms with Gasteiger partial charge in [0, 0.05) is 27.6 Å². The van der Waals surface area contributed by atoms with E-state index in [2.05, 4.69) is 55.2 Å². The van der Waals surface area contributed by atoms with E-state index in [9.17, 15) is 4.39 Å². The van der Waals surface area contributed by atoms with Gasteiger partial charge in [0.15, 0.2) is 11.0 Å². The highest BCUT2D eigenvalue weighted by Crippen LogP contribution is 2.33. The van der Waals surface area contributed by atoms with E-state index in [0.717, 1.165) is 17.0 Å². The first-order chi connectivity index (χ1) is 15.8. The van der Waals surface area contributed by atoms with Crippen LogP contribution in [0.1, 0.15) is 31.9 Å². The molecule has 0 aliphatic heterocycles. The molecule has 0 saturated heterocycles. The number of nitrogens with zero attached hydrogens (tertiary/aromatic N) is 3. The second-order valence-electron chi connectivity index (χ2n) is 8.66. The van der Waals surface area contributed by atoms with Crippen molar-refractivity contribution in [3.05, 3.63) is 88.7 Å². The van der Waals surface area contributed by atoms with Gasteiger partial charge in [0.2, 0.25) is 0 Å². The number of thioether (sulfide) groups is 1. The number of hydrogen-bond donors (Lipinski definition) is 0. The summed E-state index contributed by atoms with van der Waals surface area (Å²) in [6.45, 7) is 6.55. The van der Waals surface area contributed by atoms with Gasteiger partial charge in [-0.15, -0.1) is 10.2 Å². The molecule has 0 bridgehead atoms. The molecule has 0 radical (unpaired) electrons. The molecule has 0 fully saturated rings. The van der Waals surface area contributed by atoms with Crippen molar-refractivity contribution in [2.75, 3.05) is 7.11 Å². The third kappa shape index (κ3) is 5.07. The van der Waals surface area contributed by atoms with Crippen molar-refractivity contribution in [2.24, 2.45) is 0 Å². The van der Waals surface area contributed by atoms with Crippen molar-refractivity contribution in [3.8, 4) is 22.8 Å². The van der Waals surface area contributed by atoms with Crippen molar-refractivity contribution < 1.29 is 9.13 Å². The van der Waals surface area contributed by atoms with E-state index in [0.29, 0.717) is 27.3 Å². The lowest BCUT2D eigenvalue weighted by molar-refractivity contribution is 0.414. The van der Waals surface area contributed by atoms with Crippen molar-refractivity contribution in [3.63, 3.8) is 0 Å². The lowest BCUT2D eigenvalue weighted by atomic mass is 9.87. The van der Waals surface area contributed by atoms with Crippen molar-refractivity contribution in [1.82, 2.24) is 14.8 Å². The van der Waals surface area contributed by atoms with E-state index in [1.54, 1.807) is 19.2 Å². The van der Waals surface area contributed by atoms with Gasteiger partial charge in [-0.3, -0.25) is 4.57 Å². The van der Waals surface area contributed by atoms with Gasteiger partial charge < -0.3 is 4.74 Å². The molecule has 33 heavy (non-hydrogen) atoms. The van der Waals surface area contributed by atoms with Crippen LogP contribution in [0.15, 0.2) is 71.9 Å². The van der Waals surface area contributed by atoms with Gasteiger partial charge >= 0.3 is 0 Å². The Morgan fingerprint density at radius 2 is 1.67 bits per heavy atom. The molecule has 0 N–H and O–H groups in total. The molecule has 4 rings (SSSR count). The second-order valence-corrected chi connectivity index (χ2v) is 10.0. The van der Waals surface area contributed by atoms with Crippen molar-refractivity contribution in [1.29, 1.82) is 0 Å². The zero-order chi connectivity index (χ0) is 23.6. The molecule has 0 saturated carbocycles. The molecule has 0 aliphatic rings. The first-order valence-electron chi connectivity index (χ1n) is 10.5. The van der Waals surface area contributed by atoms with Gasteiger partial charge in [-0.2, -0.15) is 0 Å². The third-order valence-corrected chi connectivity index (χ3v) is 6.69. The fraction of sp³-hybridized carbons (Fsp3) is 0.231. The van der Waals surface area contributed by atoms with Crippen LogP contribution in [0.25, 0.3) is 17.1 Å². The summed E-state index contributed by atoms with van der Waals surface area (Å²) in [4.78, 5) is 0. The summed E-state index contributed by atoms with van der Waals surface area (Å²) in [5.41, 5.74) is 3.58. The quantitative estimate of drug-likeness (QED) is 0.270. The van der Waals surface area contributed by atoms with Crippen molar-refractivity contribution in [2.45, 2.75) is 37.1 Å². The van der Waals surface area contributed by atoms with Gasteiger partial charge in [0.25, 0.3) is 0 Å². The Bertz CT molecular complexity index is 1230. The van der Waals surface area contributed by atoms with Gasteiger partial charge in [0.1, 0.15) is 11.6 Å². The van der Waals surface area contributed by atoms with E-state index in [1.807, 2.05) is 28.8 Å². The maximum absolute atomic E-state index is 14.3. The van der Waals surface area contributed by atoms with Crippen LogP contribution >= 0.6 is 23.4 Å². The summed E-state index contributed by atoms with van der Waals surface area (Å²) in [5, 5.41) is 9.97. The molecule has 0 unspecified atom stereocenters. The Hall–Kier alpha value is -2.83. The highest BCUT2D eigenvalue weighted by atomic mass is 35.5. The highest BCUT2D eigenvalue weighted by molar-refractivity contribution is 7.98. The first kappa shape index (κ1) is 23.3. The van der Waals surface area contributed by atoms with E-state index in [1.165, 1.54) is 23.4 Å². The first-order valence-corrected chi connectivity index (χ1v) is 11.9. The Kier molecular flexibility index (Phi) is 6.77. The molecule has 4 nitrogen and oxygen atoms in total. The van der Waals surface area contributed by atoms with Gasteiger partial charge in [-0.05, 0) is 47.4 Å². The van der Waals surface area contributed by atoms with Crippen LogP contribution in [0.5, 0.6) is 5.75 Å². The number of ether oxygens (including phenoxy) is 1. The van der Waals surface area contributed by atoms with E-state index in [4.69, 9.17) is 16.3 Å². The number of halogens is 2. The van der Waals surface area contributed by atoms with Crippen LogP contribution in [0.4, 0.5) is 4.39 Å². The average molecular weight is 482 g/mol. The molecular weight excluding hydrogens is 457 g/mol. The molecule has 0 spiro atoms. The summed E-state index contributed by atoms with van der Waals surface area (Å²) in [5.74, 6) is 1.48. The van der Waals surface area contributed by atoms with Crippen molar-refractivity contribution >= 4 is 23.4 Å².